The molecule has 0 bridgehead atoms. The second-order valence-electron chi connectivity index (χ2n) is 2.51. The zero-order valence-corrected chi connectivity index (χ0v) is 6.61. The summed E-state index contributed by atoms with van der Waals surface area (Å²) in [7, 11) is 0. The van der Waals surface area contributed by atoms with E-state index >= 15 is 0 Å². The molecule has 0 aliphatic heterocycles. The maximum atomic E-state index is 10.1. The first kappa shape index (κ1) is 21.1. The molecule has 0 heterocycles. The number of aliphatic hydroxyl groups is 5. The molecular formula is C6H16Mg2O7. The molecule has 4 atom stereocenters. The summed E-state index contributed by atoms with van der Waals surface area (Å²) in [6.07, 6.45) is -7.84. The summed E-state index contributed by atoms with van der Waals surface area (Å²) in [6.45, 7) is -0.843. The lowest BCUT2D eigenvalue weighted by molar-refractivity contribution is -0.164. The van der Waals surface area contributed by atoms with Crippen LogP contribution in [0.5, 0.6) is 0 Å². The van der Waals surface area contributed by atoms with Gasteiger partial charge in [0.2, 0.25) is 0 Å². The van der Waals surface area contributed by atoms with Crippen LogP contribution in [0.2, 0.25) is 0 Å². The Bertz CT molecular complexity index is 179. The summed E-state index contributed by atoms with van der Waals surface area (Å²) < 4.78 is 0. The normalized spacial score (nSPS) is 17.7. The van der Waals surface area contributed by atoms with Gasteiger partial charge in [0.25, 0.3) is 0 Å². The van der Waals surface area contributed by atoms with E-state index in [4.69, 9.17) is 30.6 Å². The Hall–Kier alpha value is 0.802. The van der Waals surface area contributed by atoms with Crippen LogP contribution in [0.1, 0.15) is 0 Å². The molecule has 0 fully saturated rings. The fourth-order valence-corrected chi connectivity index (χ4v) is 0.668. The van der Waals surface area contributed by atoms with Gasteiger partial charge in [-0.25, -0.2) is 4.79 Å². The van der Waals surface area contributed by atoms with Gasteiger partial charge in [-0.15, -0.1) is 0 Å². The Morgan fingerprint density at radius 3 is 1.67 bits per heavy atom. The number of aliphatic carboxylic acids is 1. The van der Waals surface area contributed by atoms with Gasteiger partial charge in [0.05, 0.1) is 6.61 Å². The van der Waals surface area contributed by atoms with Crippen LogP contribution in [0.3, 0.4) is 0 Å². The van der Waals surface area contributed by atoms with Crippen molar-refractivity contribution in [2.45, 2.75) is 24.4 Å². The molecule has 0 saturated heterocycles. The SMILES string of the molecule is O=C(O)[C@H](O)[C@@H](O)[C@H](O)[C@H](O)CO.[MgH2].[MgH2]. The molecule has 0 aliphatic rings. The molecular weight excluding hydrogens is 233 g/mol. The highest BCUT2D eigenvalue weighted by molar-refractivity contribution is 5.76. The van der Waals surface area contributed by atoms with Crippen molar-refractivity contribution in [3.05, 3.63) is 0 Å². The van der Waals surface area contributed by atoms with E-state index in [1.54, 1.807) is 0 Å². The highest BCUT2D eigenvalue weighted by atomic mass is 24.3. The topological polar surface area (TPSA) is 138 Å². The maximum absolute atomic E-state index is 10.1. The highest BCUT2D eigenvalue weighted by Gasteiger charge is 2.33. The Balaban J connectivity index is -0.000000720. The van der Waals surface area contributed by atoms with Crippen LogP contribution >= 0.6 is 0 Å². The second-order valence-corrected chi connectivity index (χ2v) is 2.51. The molecule has 86 valence electrons. The lowest BCUT2D eigenvalue weighted by atomic mass is 10.0. The van der Waals surface area contributed by atoms with Crippen LogP contribution in [-0.4, -0.2) is 114 Å². The zero-order chi connectivity index (χ0) is 10.6. The van der Waals surface area contributed by atoms with Crippen LogP contribution in [0.15, 0.2) is 0 Å². The third-order valence-corrected chi connectivity index (χ3v) is 1.51. The first-order chi connectivity index (χ1) is 5.91. The van der Waals surface area contributed by atoms with Crippen LogP contribution in [0.4, 0.5) is 0 Å². The second kappa shape index (κ2) is 9.99. The van der Waals surface area contributed by atoms with Crippen molar-refractivity contribution in [1.82, 2.24) is 0 Å². The number of hydrogen-bond donors (Lipinski definition) is 6. The summed E-state index contributed by atoms with van der Waals surface area (Å²) in [4.78, 5) is 10.1. The van der Waals surface area contributed by atoms with Crippen LogP contribution in [0, 0.1) is 0 Å². The molecule has 0 rings (SSSR count). The van der Waals surface area contributed by atoms with Crippen LogP contribution in [0.25, 0.3) is 0 Å². The van der Waals surface area contributed by atoms with E-state index in [1.165, 1.54) is 0 Å². The first-order valence-electron chi connectivity index (χ1n) is 3.47. The molecule has 0 aromatic carbocycles. The van der Waals surface area contributed by atoms with Crippen molar-refractivity contribution >= 4 is 52.1 Å². The molecule has 6 N–H and O–H groups in total. The van der Waals surface area contributed by atoms with Crippen molar-refractivity contribution in [3.8, 4) is 0 Å². The Kier molecular flexibility index (Phi) is 14.1. The van der Waals surface area contributed by atoms with E-state index in [2.05, 4.69) is 0 Å². The lowest BCUT2D eigenvalue weighted by Crippen LogP contribution is -2.48. The molecule has 0 spiro atoms. The maximum Gasteiger partial charge on any atom is 0.335 e. The number of aliphatic hydroxyl groups excluding tert-OH is 5. The van der Waals surface area contributed by atoms with Gasteiger partial charge >= 0.3 is 52.1 Å². The Morgan fingerprint density at radius 1 is 1.00 bits per heavy atom. The first-order valence-corrected chi connectivity index (χ1v) is 3.47. The van der Waals surface area contributed by atoms with E-state index in [9.17, 15) is 4.79 Å². The molecule has 7 nitrogen and oxygen atoms in total. The summed E-state index contributed by atoms with van der Waals surface area (Å²) in [5.41, 5.74) is 0. The highest BCUT2D eigenvalue weighted by Crippen LogP contribution is 2.04. The number of hydrogen-bond acceptors (Lipinski definition) is 6. The molecule has 15 heavy (non-hydrogen) atoms. The molecule has 9 heteroatoms. The molecule has 0 unspecified atom stereocenters. The van der Waals surface area contributed by atoms with E-state index < -0.39 is 37.0 Å². The minimum Gasteiger partial charge on any atom is -0.479 e. The van der Waals surface area contributed by atoms with Gasteiger partial charge in [0, 0.05) is 0 Å². The summed E-state index contributed by atoms with van der Waals surface area (Å²) in [5.74, 6) is -1.73. The van der Waals surface area contributed by atoms with E-state index in [1.807, 2.05) is 0 Å². The van der Waals surface area contributed by atoms with Crippen LogP contribution in [-0.2, 0) is 4.79 Å². The fraction of sp³-hybridized carbons (Fsp3) is 0.833. The van der Waals surface area contributed by atoms with Gasteiger partial charge in [-0.05, 0) is 0 Å². The van der Waals surface area contributed by atoms with E-state index in [0.29, 0.717) is 0 Å². The van der Waals surface area contributed by atoms with E-state index in [0.717, 1.165) is 0 Å². The van der Waals surface area contributed by atoms with Gasteiger partial charge in [-0.1, -0.05) is 0 Å². The number of carboxylic acids is 1. The van der Waals surface area contributed by atoms with Crippen molar-refractivity contribution in [1.29, 1.82) is 0 Å². The lowest BCUT2D eigenvalue weighted by Gasteiger charge is -2.23. The smallest absolute Gasteiger partial charge is 0.335 e. The molecule has 0 saturated carbocycles. The van der Waals surface area contributed by atoms with Crippen molar-refractivity contribution in [3.63, 3.8) is 0 Å². The Morgan fingerprint density at radius 2 is 1.40 bits per heavy atom. The monoisotopic (exact) mass is 248 g/mol. The summed E-state index contributed by atoms with van der Waals surface area (Å²) in [6, 6.07) is 0. The van der Waals surface area contributed by atoms with Crippen molar-refractivity contribution in [2.75, 3.05) is 6.61 Å². The molecule has 0 aromatic heterocycles. The molecule has 0 amide bonds. The van der Waals surface area contributed by atoms with Gasteiger partial charge < -0.3 is 30.6 Å². The van der Waals surface area contributed by atoms with Crippen molar-refractivity contribution < 1.29 is 35.4 Å². The summed E-state index contributed by atoms with van der Waals surface area (Å²) >= 11 is 0. The average molecular weight is 249 g/mol. The molecule has 0 aliphatic carbocycles. The van der Waals surface area contributed by atoms with Gasteiger partial charge in [-0.2, -0.15) is 0 Å². The minimum atomic E-state index is -2.20. The van der Waals surface area contributed by atoms with Crippen LogP contribution < -0.4 is 0 Å². The fourth-order valence-electron chi connectivity index (χ4n) is 0.668. The van der Waals surface area contributed by atoms with Crippen molar-refractivity contribution in [2.24, 2.45) is 0 Å². The number of carboxylic acid groups (broad SMARTS) is 1. The third kappa shape index (κ3) is 6.86. The zero-order valence-electron chi connectivity index (χ0n) is 6.61. The largest absolute Gasteiger partial charge is 0.479 e. The third-order valence-electron chi connectivity index (χ3n) is 1.51. The average Bonchev–Trinajstić information content (AvgIpc) is 2.12. The van der Waals surface area contributed by atoms with Gasteiger partial charge in [0.15, 0.2) is 6.10 Å². The number of carbonyl (C=O) groups is 1. The predicted octanol–water partition coefficient (Wildman–Crippen LogP) is -5.33. The molecule has 0 radical (unpaired) electrons. The minimum absolute atomic E-state index is 0. The standard InChI is InChI=1S/C6H12O7.2Mg.4H/c7-1-2(8)3(9)4(10)5(11)6(12)13;;;;;;/h2-5,7-11H,1H2,(H,12,13);;;;;;/t2-,3-,4+,5-;;;;;;/m1....../s1. The van der Waals surface area contributed by atoms with Gasteiger partial charge in [0.1, 0.15) is 18.3 Å². The van der Waals surface area contributed by atoms with Gasteiger partial charge in [-0.3, -0.25) is 0 Å². The molecule has 0 aromatic rings. The summed E-state index contributed by atoms with van der Waals surface area (Å²) in [5, 5.41) is 51.8. The number of rotatable bonds is 5. The predicted molar refractivity (Wildman–Crippen MR) is 55.8 cm³/mol. The quantitative estimate of drug-likeness (QED) is 0.267. The Labute approximate surface area is 118 Å². The van der Waals surface area contributed by atoms with E-state index in [-0.39, 0.29) is 46.1 Å².